The van der Waals surface area contributed by atoms with Crippen LogP contribution >= 0.6 is 0 Å². The van der Waals surface area contributed by atoms with E-state index in [0.717, 1.165) is 5.56 Å². The molecule has 0 spiro atoms. The van der Waals surface area contributed by atoms with E-state index in [0.29, 0.717) is 35.5 Å². The summed E-state index contributed by atoms with van der Waals surface area (Å²) in [5, 5.41) is 5.91. The highest BCUT2D eigenvalue weighted by Gasteiger charge is 2.12. The van der Waals surface area contributed by atoms with Gasteiger partial charge in [-0.25, -0.2) is 9.18 Å². The van der Waals surface area contributed by atoms with Crippen LogP contribution in [-0.4, -0.2) is 30.5 Å². The molecule has 2 N–H and O–H groups in total. The zero-order valence-corrected chi connectivity index (χ0v) is 15.8. The van der Waals surface area contributed by atoms with Gasteiger partial charge in [-0.15, -0.1) is 0 Å². The Morgan fingerprint density at radius 1 is 1.07 bits per heavy atom. The maximum atomic E-state index is 12.9. The Hall–Kier alpha value is -3.74. The fourth-order valence-electron chi connectivity index (χ4n) is 2.74. The minimum Gasteiger partial charge on any atom is -0.465 e. The van der Waals surface area contributed by atoms with Gasteiger partial charge in [-0.1, -0.05) is 24.3 Å². The molecule has 1 amide bonds. The number of carbonyl (C=O) groups excluding carboxylic acids is 2. The maximum absolute atomic E-state index is 12.9. The van der Waals surface area contributed by atoms with Gasteiger partial charge in [0, 0.05) is 12.7 Å². The second kappa shape index (κ2) is 9.45. The van der Waals surface area contributed by atoms with E-state index < -0.39 is 5.97 Å². The number of nitrogens with one attached hydrogen (secondary N) is 2. The van der Waals surface area contributed by atoms with Gasteiger partial charge in [0.15, 0.2) is 0 Å². The molecule has 1 heterocycles. The maximum Gasteiger partial charge on any atom is 0.339 e. The highest BCUT2D eigenvalue weighted by Crippen LogP contribution is 2.21. The second-order valence-electron chi connectivity index (χ2n) is 6.26. The molecule has 3 rings (SSSR count). The summed E-state index contributed by atoms with van der Waals surface area (Å²) in [4.78, 5) is 28.4. The van der Waals surface area contributed by atoms with E-state index in [2.05, 4.69) is 15.6 Å². The topological polar surface area (TPSA) is 80.3 Å². The van der Waals surface area contributed by atoms with Gasteiger partial charge in [0.2, 0.25) is 0 Å². The number of halogens is 1. The Labute approximate surface area is 167 Å². The number of rotatable bonds is 7. The van der Waals surface area contributed by atoms with Crippen LogP contribution in [0.2, 0.25) is 0 Å². The molecule has 0 bridgehead atoms. The van der Waals surface area contributed by atoms with Crippen molar-refractivity contribution in [1.82, 2.24) is 10.3 Å². The molecule has 148 valence electrons. The number of nitrogens with zero attached hydrogens (tertiary/aromatic N) is 1. The molecule has 0 aliphatic heterocycles. The molecule has 29 heavy (non-hydrogen) atoms. The number of amides is 1. The number of hydrogen-bond donors (Lipinski definition) is 2. The third-order valence-electron chi connectivity index (χ3n) is 4.22. The Kier molecular flexibility index (Phi) is 6.52. The average molecular weight is 393 g/mol. The molecule has 3 aromatic rings. The van der Waals surface area contributed by atoms with Gasteiger partial charge in [0.25, 0.3) is 5.91 Å². The van der Waals surface area contributed by atoms with Crippen LogP contribution in [0, 0.1) is 5.82 Å². The fourth-order valence-corrected chi connectivity index (χ4v) is 2.74. The van der Waals surface area contributed by atoms with Gasteiger partial charge in [0.1, 0.15) is 5.82 Å². The van der Waals surface area contributed by atoms with Crippen LogP contribution in [0.3, 0.4) is 0 Å². The van der Waals surface area contributed by atoms with Crippen molar-refractivity contribution in [3.63, 3.8) is 0 Å². The summed E-state index contributed by atoms with van der Waals surface area (Å²) >= 11 is 0. The summed E-state index contributed by atoms with van der Waals surface area (Å²) in [7, 11) is 1.32. The molecule has 7 heteroatoms. The van der Waals surface area contributed by atoms with E-state index in [1.807, 2.05) is 0 Å². The lowest BCUT2D eigenvalue weighted by Gasteiger charge is -2.11. The third-order valence-corrected chi connectivity index (χ3v) is 4.22. The summed E-state index contributed by atoms with van der Waals surface area (Å²) < 4.78 is 17.7. The van der Waals surface area contributed by atoms with Crippen LogP contribution < -0.4 is 10.6 Å². The second-order valence-corrected chi connectivity index (χ2v) is 6.26. The van der Waals surface area contributed by atoms with Crippen molar-refractivity contribution in [2.75, 3.05) is 19.0 Å². The highest BCUT2D eigenvalue weighted by molar-refractivity contribution is 5.97. The lowest BCUT2D eigenvalue weighted by molar-refractivity contribution is 0.0601. The van der Waals surface area contributed by atoms with Crippen LogP contribution in [-0.2, 0) is 11.2 Å². The van der Waals surface area contributed by atoms with E-state index in [1.54, 1.807) is 48.7 Å². The summed E-state index contributed by atoms with van der Waals surface area (Å²) in [6, 6.07) is 14.7. The molecule has 0 atom stereocenters. The van der Waals surface area contributed by atoms with Crippen molar-refractivity contribution in [1.29, 1.82) is 0 Å². The van der Waals surface area contributed by atoms with Crippen LogP contribution in [0.25, 0.3) is 0 Å². The molecular weight excluding hydrogens is 373 g/mol. The molecule has 0 saturated heterocycles. The largest absolute Gasteiger partial charge is 0.465 e. The number of hydrogen-bond acceptors (Lipinski definition) is 5. The van der Waals surface area contributed by atoms with Crippen molar-refractivity contribution in [2.45, 2.75) is 6.42 Å². The van der Waals surface area contributed by atoms with E-state index in [9.17, 15) is 14.0 Å². The normalized spacial score (nSPS) is 10.3. The monoisotopic (exact) mass is 393 g/mol. The van der Waals surface area contributed by atoms with E-state index in [1.165, 1.54) is 25.4 Å². The van der Waals surface area contributed by atoms with E-state index in [-0.39, 0.29) is 11.7 Å². The Morgan fingerprint density at radius 3 is 2.59 bits per heavy atom. The van der Waals surface area contributed by atoms with Crippen molar-refractivity contribution in [3.05, 3.63) is 89.5 Å². The quantitative estimate of drug-likeness (QED) is 0.598. The first-order valence-corrected chi connectivity index (χ1v) is 8.99. The van der Waals surface area contributed by atoms with Gasteiger partial charge in [-0.2, -0.15) is 0 Å². The lowest BCUT2D eigenvalue weighted by atomic mass is 10.1. The fraction of sp³-hybridized carbons (Fsp3) is 0.136. The van der Waals surface area contributed by atoms with Crippen LogP contribution in [0.1, 0.15) is 26.3 Å². The van der Waals surface area contributed by atoms with Crippen molar-refractivity contribution >= 4 is 23.3 Å². The van der Waals surface area contributed by atoms with Crippen LogP contribution in [0.4, 0.5) is 15.8 Å². The molecular formula is C22H20FN3O3. The smallest absolute Gasteiger partial charge is 0.339 e. The number of esters is 1. The molecule has 2 aromatic carbocycles. The number of methoxy groups -OCH3 is 1. The molecule has 0 radical (unpaired) electrons. The van der Waals surface area contributed by atoms with Gasteiger partial charge in [0.05, 0.1) is 35.8 Å². The lowest BCUT2D eigenvalue weighted by Crippen LogP contribution is -2.25. The zero-order valence-electron chi connectivity index (χ0n) is 15.8. The van der Waals surface area contributed by atoms with Gasteiger partial charge < -0.3 is 15.4 Å². The number of benzene rings is 2. The summed E-state index contributed by atoms with van der Waals surface area (Å²) in [6.45, 7) is 0.410. The summed E-state index contributed by atoms with van der Waals surface area (Å²) in [5.41, 5.74) is 2.80. The number of ether oxygens (including phenoxy) is 1. The van der Waals surface area contributed by atoms with Crippen LogP contribution in [0.5, 0.6) is 0 Å². The first-order valence-electron chi connectivity index (χ1n) is 8.99. The zero-order chi connectivity index (χ0) is 20.6. The number of pyridine rings is 1. The van der Waals surface area contributed by atoms with E-state index in [4.69, 9.17) is 4.74 Å². The summed E-state index contributed by atoms with van der Waals surface area (Å²) in [6.07, 6.45) is 3.61. The minimum absolute atomic E-state index is 0.274. The Balaban J connectivity index is 1.64. The number of aromatic nitrogens is 1. The molecule has 0 unspecified atom stereocenters. The van der Waals surface area contributed by atoms with Crippen LogP contribution in [0.15, 0.2) is 67.0 Å². The van der Waals surface area contributed by atoms with E-state index >= 15 is 0 Å². The summed E-state index contributed by atoms with van der Waals surface area (Å²) in [5.74, 6) is -1.03. The SMILES string of the molecule is COC(=O)c1ccccc1Nc1cncc(C(=O)NCCc2ccc(F)cc2)c1. The predicted octanol–water partition coefficient (Wildman–Crippen LogP) is 3.72. The Bertz CT molecular complexity index is 1010. The Morgan fingerprint density at radius 2 is 1.83 bits per heavy atom. The van der Waals surface area contributed by atoms with Crippen molar-refractivity contribution in [3.8, 4) is 0 Å². The standard InChI is InChI=1S/C22H20FN3O3/c1-29-22(28)19-4-2-3-5-20(19)26-18-12-16(13-24-14-18)21(27)25-11-10-15-6-8-17(23)9-7-15/h2-9,12-14,26H,10-11H2,1H3,(H,25,27). The predicted molar refractivity (Wildman–Crippen MR) is 108 cm³/mol. The number of para-hydroxylation sites is 1. The molecule has 1 aromatic heterocycles. The molecule has 0 fully saturated rings. The van der Waals surface area contributed by atoms with Gasteiger partial charge >= 0.3 is 5.97 Å². The average Bonchev–Trinajstić information content (AvgIpc) is 2.75. The number of anilines is 2. The molecule has 0 aliphatic carbocycles. The third kappa shape index (κ3) is 5.38. The minimum atomic E-state index is -0.462. The first-order chi connectivity index (χ1) is 14.1. The molecule has 6 nitrogen and oxygen atoms in total. The highest BCUT2D eigenvalue weighted by atomic mass is 19.1. The van der Waals surface area contributed by atoms with Crippen molar-refractivity contribution in [2.24, 2.45) is 0 Å². The van der Waals surface area contributed by atoms with Gasteiger partial charge in [-0.05, 0) is 42.3 Å². The molecule has 0 aliphatic rings. The van der Waals surface area contributed by atoms with Gasteiger partial charge in [-0.3, -0.25) is 9.78 Å². The number of carbonyl (C=O) groups is 2. The van der Waals surface area contributed by atoms with Crippen molar-refractivity contribution < 1.29 is 18.7 Å². The molecule has 0 saturated carbocycles. The first kappa shape index (κ1) is 20.0.